The van der Waals surface area contributed by atoms with E-state index in [0.717, 1.165) is 22.7 Å². The molecule has 1 saturated heterocycles. The summed E-state index contributed by atoms with van der Waals surface area (Å²) >= 11 is 2.64. The monoisotopic (exact) mass is 425 g/mol. The Kier molecular flexibility index (Phi) is 5.35. The lowest BCUT2D eigenvalue weighted by Crippen LogP contribution is -2.69. The molecule has 0 radical (unpaired) electrons. The average molecular weight is 425 g/mol. The quantitative estimate of drug-likeness (QED) is 0.341. The molecule has 2 amide bonds. The molecule has 1 aromatic heterocycles. The zero-order valence-corrected chi connectivity index (χ0v) is 17.0. The molecule has 2 aliphatic rings. The average Bonchev–Trinajstić information content (AvgIpc) is 3.05. The fourth-order valence-electron chi connectivity index (χ4n) is 2.43. The van der Waals surface area contributed by atoms with Gasteiger partial charge in [0, 0.05) is 17.3 Å². The number of carboxylic acid groups (broad SMARTS) is 1. The SMILES string of the molecule is CC1=CN2C(=O)[C@@H](NC(=O)C(=NOC(C)(C)C(=O)O)c3csc(N)n3)[C@@H]2SC1. The van der Waals surface area contributed by atoms with Crippen molar-refractivity contribution >= 4 is 51.7 Å². The molecule has 3 heterocycles. The van der Waals surface area contributed by atoms with Crippen LogP contribution in [0.2, 0.25) is 0 Å². The fourth-order valence-corrected chi connectivity index (χ4v) is 4.19. The number of nitrogens with two attached hydrogens (primary N) is 1. The molecule has 0 aliphatic carbocycles. The summed E-state index contributed by atoms with van der Waals surface area (Å²) in [6.45, 7) is 4.52. The number of β-lactam (4-membered cyclic amide) rings is 1. The van der Waals surface area contributed by atoms with Gasteiger partial charge in [-0.05, 0) is 26.3 Å². The molecule has 1 fully saturated rings. The van der Waals surface area contributed by atoms with Crippen molar-refractivity contribution < 1.29 is 24.3 Å². The third-order valence-electron chi connectivity index (χ3n) is 4.07. The number of nitrogens with zero attached hydrogens (tertiary/aromatic N) is 3. The van der Waals surface area contributed by atoms with Gasteiger partial charge in [-0.3, -0.25) is 9.59 Å². The number of carboxylic acids is 1. The summed E-state index contributed by atoms with van der Waals surface area (Å²) in [5, 5.41) is 17.0. The number of carbonyl (C=O) groups excluding carboxylic acids is 2. The Hall–Kier alpha value is -2.60. The first-order chi connectivity index (χ1) is 13.1. The summed E-state index contributed by atoms with van der Waals surface area (Å²) < 4.78 is 0. The van der Waals surface area contributed by atoms with E-state index < -0.39 is 23.5 Å². The first-order valence-corrected chi connectivity index (χ1v) is 10.2. The van der Waals surface area contributed by atoms with Crippen LogP contribution in [0, 0.1) is 0 Å². The number of aromatic nitrogens is 1. The van der Waals surface area contributed by atoms with E-state index in [2.05, 4.69) is 15.5 Å². The smallest absolute Gasteiger partial charge is 0.350 e. The van der Waals surface area contributed by atoms with Crippen molar-refractivity contribution in [2.75, 3.05) is 11.5 Å². The summed E-state index contributed by atoms with van der Waals surface area (Å²) in [7, 11) is 0. The van der Waals surface area contributed by atoms with Crippen molar-refractivity contribution in [3.05, 3.63) is 22.8 Å². The molecule has 3 rings (SSSR count). The Bertz CT molecular complexity index is 894. The molecule has 2 aliphatic heterocycles. The number of nitrogens with one attached hydrogen (secondary N) is 1. The number of thioether (sulfide) groups is 1. The van der Waals surface area contributed by atoms with Crippen molar-refractivity contribution in [2.45, 2.75) is 37.8 Å². The van der Waals surface area contributed by atoms with Gasteiger partial charge in [0.15, 0.2) is 10.8 Å². The number of thiazole rings is 1. The Labute approximate surface area is 168 Å². The molecule has 2 atom stereocenters. The Morgan fingerprint density at radius 1 is 1.50 bits per heavy atom. The molecule has 4 N–H and O–H groups in total. The second-order valence-corrected chi connectivity index (χ2v) is 8.79. The topological polar surface area (TPSA) is 147 Å². The molecular formula is C16H19N5O5S2. The van der Waals surface area contributed by atoms with Crippen LogP contribution in [0.5, 0.6) is 0 Å². The predicted octanol–water partition coefficient (Wildman–Crippen LogP) is 0.613. The molecule has 12 heteroatoms. The standard InChI is InChI=1S/C16H19N5O5S2/c1-7-4-21-12(23)10(13(21)27-5-7)19-11(22)9(8-6-28-15(17)18-8)20-26-16(2,3)14(24)25/h4,6,10,13H,5H2,1-3H3,(H2,17,18)(H,19,22)(H,24,25)/t10-,13+/m1/s1. The normalized spacial score (nSPS) is 22.1. The van der Waals surface area contributed by atoms with Crippen LogP contribution in [0.4, 0.5) is 5.13 Å². The Morgan fingerprint density at radius 2 is 2.21 bits per heavy atom. The van der Waals surface area contributed by atoms with E-state index >= 15 is 0 Å². The lowest BCUT2D eigenvalue weighted by molar-refractivity contribution is -0.161. The summed E-state index contributed by atoms with van der Waals surface area (Å²) in [6, 6.07) is -0.712. The van der Waals surface area contributed by atoms with Gasteiger partial charge in [-0.1, -0.05) is 5.16 Å². The van der Waals surface area contributed by atoms with E-state index in [1.807, 2.05) is 6.92 Å². The minimum Gasteiger partial charge on any atom is -0.478 e. The molecule has 0 spiro atoms. The minimum absolute atomic E-state index is 0.136. The number of hydrogen-bond acceptors (Lipinski definition) is 9. The van der Waals surface area contributed by atoms with E-state index in [-0.39, 0.29) is 27.8 Å². The van der Waals surface area contributed by atoms with E-state index in [0.29, 0.717) is 0 Å². The third kappa shape index (κ3) is 3.83. The van der Waals surface area contributed by atoms with Crippen molar-refractivity contribution in [3.63, 3.8) is 0 Å². The Balaban J connectivity index is 1.80. The van der Waals surface area contributed by atoms with Crippen LogP contribution in [0.3, 0.4) is 0 Å². The number of nitrogen functional groups attached to an aromatic ring is 1. The van der Waals surface area contributed by atoms with Crippen molar-refractivity contribution in [2.24, 2.45) is 5.16 Å². The highest BCUT2D eigenvalue weighted by atomic mass is 32.2. The molecule has 28 heavy (non-hydrogen) atoms. The van der Waals surface area contributed by atoms with Gasteiger partial charge in [0.05, 0.1) is 0 Å². The number of oxime groups is 1. The van der Waals surface area contributed by atoms with E-state index in [9.17, 15) is 14.4 Å². The first-order valence-electron chi connectivity index (χ1n) is 8.23. The van der Waals surface area contributed by atoms with E-state index in [1.54, 1.807) is 22.9 Å². The van der Waals surface area contributed by atoms with Gasteiger partial charge in [-0.25, -0.2) is 9.78 Å². The van der Waals surface area contributed by atoms with Gasteiger partial charge in [0.2, 0.25) is 5.60 Å². The number of fused-ring (bicyclic) bond motifs is 1. The predicted molar refractivity (Wildman–Crippen MR) is 105 cm³/mol. The molecule has 0 saturated carbocycles. The maximum absolute atomic E-state index is 12.8. The second-order valence-electron chi connectivity index (χ2n) is 6.79. The van der Waals surface area contributed by atoms with Crippen molar-refractivity contribution in [3.8, 4) is 0 Å². The number of aliphatic carboxylic acids is 1. The largest absolute Gasteiger partial charge is 0.478 e. The molecule has 1 aromatic rings. The van der Waals surface area contributed by atoms with Crippen LogP contribution in [-0.2, 0) is 19.2 Å². The molecule has 0 unspecified atom stereocenters. The molecule has 10 nitrogen and oxygen atoms in total. The van der Waals surface area contributed by atoms with E-state index in [4.69, 9.17) is 15.7 Å². The van der Waals surface area contributed by atoms with Crippen LogP contribution in [0.15, 0.2) is 22.3 Å². The summed E-state index contributed by atoms with van der Waals surface area (Å²) in [5.41, 5.74) is 4.93. The van der Waals surface area contributed by atoms with Crippen LogP contribution < -0.4 is 11.1 Å². The van der Waals surface area contributed by atoms with Crippen molar-refractivity contribution in [1.29, 1.82) is 0 Å². The van der Waals surface area contributed by atoms with Crippen molar-refractivity contribution in [1.82, 2.24) is 15.2 Å². The molecule has 0 bridgehead atoms. The summed E-state index contributed by atoms with van der Waals surface area (Å²) in [6.07, 6.45) is 1.78. The van der Waals surface area contributed by atoms with Crippen LogP contribution in [0.25, 0.3) is 0 Å². The minimum atomic E-state index is -1.66. The lowest BCUT2D eigenvalue weighted by Gasteiger charge is -2.47. The maximum atomic E-state index is 12.8. The highest BCUT2D eigenvalue weighted by Gasteiger charge is 2.49. The summed E-state index contributed by atoms with van der Waals surface area (Å²) in [5.74, 6) is -1.41. The molecular weight excluding hydrogens is 406 g/mol. The zero-order valence-electron chi connectivity index (χ0n) is 15.3. The summed E-state index contributed by atoms with van der Waals surface area (Å²) in [4.78, 5) is 47.0. The molecule has 150 valence electrons. The molecule has 0 aromatic carbocycles. The third-order valence-corrected chi connectivity index (χ3v) is 6.20. The second kappa shape index (κ2) is 7.43. The fraction of sp³-hybridized carbons (Fsp3) is 0.438. The van der Waals surface area contributed by atoms with Gasteiger partial charge < -0.3 is 25.9 Å². The van der Waals surface area contributed by atoms with Crippen LogP contribution >= 0.6 is 23.1 Å². The zero-order chi connectivity index (χ0) is 20.6. The van der Waals surface area contributed by atoms with Crippen LogP contribution in [0.1, 0.15) is 26.5 Å². The number of anilines is 1. The van der Waals surface area contributed by atoms with Gasteiger partial charge in [0.25, 0.3) is 11.8 Å². The lowest BCUT2D eigenvalue weighted by atomic mass is 10.1. The van der Waals surface area contributed by atoms with Crippen LogP contribution in [-0.4, -0.2) is 61.3 Å². The highest BCUT2D eigenvalue weighted by molar-refractivity contribution is 8.00. The van der Waals surface area contributed by atoms with Gasteiger partial charge >= 0.3 is 5.97 Å². The van der Waals surface area contributed by atoms with E-state index in [1.165, 1.54) is 19.2 Å². The van der Waals surface area contributed by atoms with Gasteiger partial charge in [-0.15, -0.1) is 23.1 Å². The number of hydrogen-bond donors (Lipinski definition) is 3. The van der Waals surface area contributed by atoms with Gasteiger partial charge in [0.1, 0.15) is 17.1 Å². The van der Waals surface area contributed by atoms with Gasteiger partial charge in [-0.2, -0.15) is 0 Å². The number of carbonyl (C=O) groups is 3. The first kappa shape index (κ1) is 20.1. The number of amides is 2. The highest BCUT2D eigenvalue weighted by Crippen LogP contribution is 2.35. The number of rotatable bonds is 6. The Morgan fingerprint density at radius 3 is 2.82 bits per heavy atom. The maximum Gasteiger partial charge on any atom is 0.350 e.